The molecule has 0 bridgehead atoms. The fraction of sp³-hybridized carbons (Fsp3) is 0.300. The number of likely N-dealkylation sites (tertiary alicyclic amines) is 1. The molecule has 0 atom stereocenters. The van der Waals surface area contributed by atoms with Crippen LogP contribution in [0.1, 0.15) is 0 Å². The molecular formula is C10H13N3O4. The molecule has 1 rings (SSSR count). The molecule has 7 heteroatoms. The van der Waals surface area contributed by atoms with E-state index in [0.29, 0.717) is 6.54 Å². The van der Waals surface area contributed by atoms with E-state index < -0.39 is 17.7 Å². The molecule has 0 saturated carbocycles. The molecule has 92 valence electrons. The smallest absolute Gasteiger partial charge is 0.408 e. The van der Waals surface area contributed by atoms with Gasteiger partial charge in [-0.1, -0.05) is 6.08 Å². The molecule has 0 aromatic heterocycles. The highest BCUT2D eigenvalue weighted by atomic mass is 16.4. The Hall–Kier alpha value is -2.15. The minimum Gasteiger partial charge on any atom is -0.465 e. The van der Waals surface area contributed by atoms with Gasteiger partial charge in [0, 0.05) is 12.7 Å². The third kappa shape index (κ3) is 3.42. The molecule has 1 aliphatic rings. The summed E-state index contributed by atoms with van der Waals surface area (Å²) in [6, 6.07) is 0. The number of amides is 1. The highest BCUT2D eigenvalue weighted by Crippen LogP contribution is 2.08. The van der Waals surface area contributed by atoms with Crippen LogP contribution in [0.4, 0.5) is 4.79 Å². The summed E-state index contributed by atoms with van der Waals surface area (Å²) in [7, 11) is 0. The van der Waals surface area contributed by atoms with E-state index in [9.17, 15) is 14.4 Å². The van der Waals surface area contributed by atoms with Crippen LogP contribution >= 0.6 is 0 Å². The molecule has 0 aliphatic carbocycles. The molecule has 1 aliphatic heterocycles. The first-order valence-corrected chi connectivity index (χ1v) is 4.90. The molecule has 1 saturated heterocycles. The Labute approximate surface area is 97.7 Å². The summed E-state index contributed by atoms with van der Waals surface area (Å²) in [5, 5.41) is 8.67. The summed E-state index contributed by atoms with van der Waals surface area (Å²) in [6.45, 7) is 3.35. The maximum atomic E-state index is 11.5. The molecule has 0 aromatic carbocycles. The van der Waals surface area contributed by atoms with Gasteiger partial charge in [0.05, 0.1) is 18.7 Å². The highest BCUT2D eigenvalue weighted by molar-refractivity contribution is 6.23. The van der Waals surface area contributed by atoms with E-state index in [1.807, 2.05) is 0 Å². The molecule has 1 amide bonds. The largest absolute Gasteiger partial charge is 0.465 e. The van der Waals surface area contributed by atoms with Gasteiger partial charge < -0.3 is 10.5 Å². The van der Waals surface area contributed by atoms with Gasteiger partial charge in [-0.2, -0.15) is 0 Å². The summed E-state index contributed by atoms with van der Waals surface area (Å²) in [5.41, 5.74) is 5.22. The summed E-state index contributed by atoms with van der Waals surface area (Å²) in [6.07, 6.45) is 1.57. The van der Waals surface area contributed by atoms with Crippen LogP contribution in [0, 0.1) is 0 Å². The molecule has 7 nitrogen and oxygen atoms in total. The zero-order valence-electron chi connectivity index (χ0n) is 9.10. The van der Waals surface area contributed by atoms with Crippen molar-refractivity contribution in [1.29, 1.82) is 0 Å². The standard InChI is InChI=1S/C10H13N3O4/c1-2-3-11-12-4-7-8(14)5-13(10(16)17)6-9(7)15/h2,4,11-12H,1,3,5-6H2,(H,16,17). The number of hydrogen-bond donors (Lipinski definition) is 3. The Bertz CT molecular complexity index is 369. The van der Waals surface area contributed by atoms with Crippen molar-refractivity contribution in [1.82, 2.24) is 15.8 Å². The van der Waals surface area contributed by atoms with Crippen molar-refractivity contribution in [3.05, 3.63) is 24.4 Å². The van der Waals surface area contributed by atoms with Crippen LogP contribution in [-0.4, -0.2) is 47.3 Å². The average Bonchev–Trinajstić information content (AvgIpc) is 2.26. The Morgan fingerprint density at radius 3 is 2.47 bits per heavy atom. The highest BCUT2D eigenvalue weighted by Gasteiger charge is 2.31. The van der Waals surface area contributed by atoms with Gasteiger partial charge in [0.25, 0.3) is 0 Å². The van der Waals surface area contributed by atoms with E-state index in [0.717, 1.165) is 4.90 Å². The first-order chi connectivity index (χ1) is 8.06. The molecule has 1 fully saturated rings. The number of nitrogens with one attached hydrogen (secondary N) is 2. The molecule has 0 unspecified atom stereocenters. The fourth-order valence-electron chi connectivity index (χ4n) is 1.28. The van der Waals surface area contributed by atoms with Crippen LogP contribution in [0.2, 0.25) is 0 Å². The lowest BCUT2D eigenvalue weighted by atomic mass is 10.0. The molecule has 17 heavy (non-hydrogen) atoms. The number of ketones is 2. The van der Waals surface area contributed by atoms with Gasteiger partial charge in [-0.25, -0.2) is 10.2 Å². The summed E-state index contributed by atoms with van der Waals surface area (Å²) in [5.74, 6) is -1.03. The molecule has 0 spiro atoms. The van der Waals surface area contributed by atoms with Crippen LogP contribution in [0.25, 0.3) is 0 Å². The van der Waals surface area contributed by atoms with Crippen molar-refractivity contribution in [3.8, 4) is 0 Å². The predicted octanol–water partition coefficient (Wildman–Crippen LogP) is -0.718. The molecule has 0 aromatic rings. The summed E-state index contributed by atoms with van der Waals surface area (Å²) in [4.78, 5) is 34.4. The minimum absolute atomic E-state index is 0.0286. The van der Waals surface area contributed by atoms with E-state index in [2.05, 4.69) is 17.4 Å². The quantitative estimate of drug-likeness (QED) is 0.197. The van der Waals surface area contributed by atoms with Crippen LogP contribution in [0.5, 0.6) is 0 Å². The van der Waals surface area contributed by atoms with Crippen LogP contribution in [0.15, 0.2) is 24.4 Å². The van der Waals surface area contributed by atoms with Gasteiger partial charge in [0.2, 0.25) is 0 Å². The zero-order chi connectivity index (χ0) is 12.8. The Morgan fingerprint density at radius 2 is 2.00 bits per heavy atom. The summed E-state index contributed by atoms with van der Waals surface area (Å²) < 4.78 is 0. The number of carbonyl (C=O) groups excluding carboxylic acids is 2. The van der Waals surface area contributed by atoms with E-state index >= 15 is 0 Å². The first-order valence-electron chi connectivity index (χ1n) is 4.90. The van der Waals surface area contributed by atoms with Crippen molar-refractivity contribution in [2.45, 2.75) is 0 Å². The van der Waals surface area contributed by atoms with Gasteiger partial charge in [0.15, 0.2) is 11.6 Å². The Balaban J connectivity index is 2.63. The minimum atomic E-state index is -1.27. The monoisotopic (exact) mass is 239 g/mol. The van der Waals surface area contributed by atoms with Gasteiger partial charge in [-0.05, 0) is 0 Å². The molecule has 0 radical (unpaired) electrons. The number of Topliss-reactive ketones (excluding diaryl/α,β-unsaturated/α-hetero) is 2. The number of carbonyl (C=O) groups is 3. The number of carboxylic acid groups (broad SMARTS) is 1. The van der Waals surface area contributed by atoms with Crippen molar-refractivity contribution >= 4 is 17.7 Å². The Morgan fingerprint density at radius 1 is 1.41 bits per heavy atom. The van der Waals surface area contributed by atoms with Gasteiger partial charge >= 0.3 is 6.09 Å². The molecule has 3 N–H and O–H groups in total. The SMILES string of the molecule is C=CCNNC=C1C(=O)CN(C(=O)O)CC1=O. The number of hydrazine groups is 1. The lowest BCUT2D eigenvalue weighted by molar-refractivity contribution is -0.125. The van der Waals surface area contributed by atoms with Gasteiger partial charge in [-0.15, -0.1) is 6.58 Å². The first kappa shape index (κ1) is 12.9. The molecular weight excluding hydrogens is 226 g/mol. The Kier molecular flexibility index (Phi) is 4.41. The third-order valence-electron chi connectivity index (χ3n) is 2.11. The van der Waals surface area contributed by atoms with E-state index in [-0.39, 0.29) is 18.7 Å². The molecule has 1 heterocycles. The van der Waals surface area contributed by atoms with Crippen molar-refractivity contribution in [2.75, 3.05) is 19.6 Å². The van der Waals surface area contributed by atoms with Crippen LogP contribution in [-0.2, 0) is 9.59 Å². The topological polar surface area (TPSA) is 98.7 Å². The lowest BCUT2D eigenvalue weighted by Crippen LogP contribution is -2.46. The lowest BCUT2D eigenvalue weighted by Gasteiger charge is -2.23. The van der Waals surface area contributed by atoms with E-state index in [4.69, 9.17) is 5.11 Å². The van der Waals surface area contributed by atoms with Crippen molar-refractivity contribution in [3.63, 3.8) is 0 Å². The van der Waals surface area contributed by atoms with Crippen molar-refractivity contribution in [2.24, 2.45) is 0 Å². The maximum Gasteiger partial charge on any atom is 0.408 e. The maximum absolute atomic E-state index is 11.5. The second-order valence-corrected chi connectivity index (χ2v) is 3.36. The normalized spacial score (nSPS) is 15.8. The van der Waals surface area contributed by atoms with Gasteiger partial charge in [0.1, 0.15) is 0 Å². The van der Waals surface area contributed by atoms with Crippen molar-refractivity contribution < 1.29 is 19.5 Å². The number of rotatable bonds is 4. The van der Waals surface area contributed by atoms with E-state index in [1.165, 1.54) is 6.20 Å². The number of nitrogens with zero attached hydrogens (tertiary/aromatic N) is 1. The number of piperidine rings is 1. The number of hydrogen-bond acceptors (Lipinski definition) is 5. The zero-order valence-corrected chi connectivity index (χ0v) is 9.10. The van der Waals surface area contributed by atoms with Crippen LogP contribution < -0.4 is 10.9 Å². The van der Waals surface area contributed by atoms with Gasteiger partial charge in [-0.3, -0.25) is 14.5 Å². The fourth-order valence-corrected chi connectivity index (χ4v) is 1.28. The summed E-state index contributed by atoms with van der Waals surface area (Å²) >= 11 is 0. The van der Waals surface area contributed by atoms with E-state index in [1.54, 1.807) is 6.08 Å². The second kappa shape index (κ2) is 5.80. The predicted molar refractivity (Wildman–Crippen MR) is 59.0 cm³/mol. The van der Waals surface area contributed by atoms with Crippen LogP contribution in [0.3, 0.4) is 0 Å². The second-order valence-electron chi connectivity index (χ2n) is 3.36. The third-order valence-corrected chi connectivity index (χ3v) is 2.11. The average molecular weight is 239 g/mol.